The first-order valence-corrected chi connectivity index (χ1v) is 9.93. The fourth-order valence-electron chi connectivity index (χ4n) is 3.42. The number of benzene rings is 2. The number of aromatic nitrogens is 5. The fraction of sp³-hybridized carbons (Fsp3) is 0.174. The Morgan fingerprint density at radius 1 is 1.12 bits per heavy atom. The molecule has 1 amide bonds. The molecule has 0 aliphatic rings. The summed E-state index contributed by atoms with van der Waals surface area (Å²) in [5, 5.41) is 24.5. The molecule has 0 aliphatic carbocycles. The Labute approximate surface area is 183 Å². The van der Waals surface area contributed by atoms with Crippen LogP contribution in [0.4, 0.5) is 10.2 Å². The lowest BCUT2D eigenvalue weighted by Crippen LogP contribution is -2.23. The quantitative estimate of drug-likeness (QED) is 0.506. The topological polar surface area (TPSA) is 101 Å². The van der Waals surface area contributed by atoms with Crippen LogP contribution in [0.3, 0.4) is 0 Å². The molecule has 9 heteroatoms. The summed E-state index contributed by atoms with van der Waals surface area (Å²) in [4.78, 5) is 13.9. The zero-order valence-corrected chi connectivity index (χ0v) is 17.6. The van der Waals surface area contributed by atoms with Gasteiger partial charge in [-0.15, -0.1) is 10.2 Å². The monoisotopic (exact) mass is 429 g/mol. The molecular formula is C23H20FN7O. The molecule has 8 nitrogen and oxygen atoms in total. The van der Waals surface area contributed by atoms with E-state index in [1.807, 2.05) is 48.7 Å². The normalized spacial score (nSPS) is 10.7. The number of hydrogen-bond acceptors (Lipinski definition) is 5. The average Bonchev–Trinajstić information content (AvgIpc) is 3.33. The Kier molecular flexibility index (Phi) is 5.77. The van der Waals surface area contributed by atoms with Gasteiger partial charge in [0.15, 0.2) is 0 Å². The van der Waals surface area contributed by atoms with E-state index in [9.17, 15) is 14.4 Å². The summed E-state index contributed by atoms with van der Waals surface area (Å²) in [5.74, 6) is -0.0286. The van der Waals surface area contributed by atoms with E-state index in [0.29, 0.717) is 23.5 Å². The standard InChI is InChI=1S/C23H20FN7O/c1-15-16(2)30(13-17-6-4-3-5-7-17)23(20(15)12-25)26-21(32)14-31-28-22(27-29-31)18-8-10-19(24)11-9-18/h3-11H,13-14H2,1-2H3,(H,26,32). The second kappa shape index (κ2) is 8.81. The van der Waals surface area contributed by atoms with Gasteiger partial charge in [-0.3, -0.25) is 4.79 Å². The first kappa shape index (κ1) is 20.9. The van der Waals surface area contributed by atoms with Crippen LogP contribution in [0, 0.1) is 31.0 Å². The van der Waals surface area contributed by atoms with Crippen LogP contribution < -0.4 is 5.32 Å². The third-order valence-corrected chi connectivity index (χ3v) is 5.22. The maximum Gasteiger partial charge on any atom is 0.249 e. The van der Waals surface area contributed by atoms with E-state index in [4.69, 9.17) is 0 Å². The largest absolute Gasteiger partial charge is 0.326 e. The summed E-state index contributed by atoms with van der Waals surface area (Å²) >= 11 is 0. The molecule has 2 aromatic carbocycles. The number of nitriles is 1. The Morgan fingerprint density at radius 3 is 2.53 bits per heavy atom. The summed E-state index contributed by atoms with van der Waals surface area (Å²) in [7, 11) is 0. The van der Waals surface area contributed by atoms with Crippen molar-refractivity contribution in [1.29, 1.82) is 5.26 Å². The average molecular weight is 429 g/mol. The van der Waals surface area contributed by atoms with Gasteiger partial charge in [0.2, 0.25) is 11.7 Å². The highest BCUT2D eigenvalue weighted by Crippen LogP contribution is 2.27. The van der Waals surface area contributed by atoms with Crippen molar-refractivity contribution in [2.75, 3.05) is 5.32 Å². The number of carbonyl (C=O) groups is 1. The van der Waals surface area contributed by atoms with Crippen molar-refractivity contribution in [1.82, 2.24) is 24.8 Å². The zero-order chi connectivity index (χ0) is 22.7. The lowest BCUT2D eigenvalue weighted by atomic mass is 10.2. The van der Waals surface area contributed by atoms with Crippen molar-refractivity contribution in [2.45, 2.75) is 26.9 Å². The van der Waals surface area contributed by atoms with E-state index in [2.05, 4.69) is 26.8 Å². The minimum atomic E-state index is -0.392. The number of rotatable bonds is 6. The molecule has 160 valence electrons. The minimum Gasteiger partial charge on any atom is -0.326 e. The Bertz CT molecular complexity index is 1300. The smallest absolute Gasteiger partial charge is 0.249 e. The van der Waals surface area contributed by atoms with Crippen LogP contribution in [0.25, 0.3) is 11.4 Å². The molecule has 2 heterocycles. The molecule has 4 aromatic rings. The minimum absolute atomic E-state index is 0.187. The number of amides is 1. The Balaban J connectivity index is 1.55. The molecule has 0 bridgehead atoms. The maximum absolute atomic E-state index is 13.1. The van der Waals surface area contributed by atoms with Gasteiger partial charge in [-0.1, -0.05) is 30.3 Å². The van der Waals surface area contributed by atoms with E-state index < -0.39 is 5.91 Å². The number of nitrogens with zero attached hydrogens (tertiary/aromatic N) is 6. The molecule has 32 heavy (non-hydrogen) atoms. The predicted molar refractivity (Wildman–Crippen MR) is 116 cm³/mol. The van der Waals surface area contributed by atoms with Gasteiger partial charge < -0.3 is 9.88 Å². The fourth-order valence-corrected chi connectivity index (χ4v) is 3.42. The van der Waals surface area contributed by atoms with Crippen molar-refractivity contribution in [3.63, 3.8) is 0 Å². The van der Waals surface area contributed by atoms with Gasteiger partial charge in [0.1, 0.15) is 24.2 Å². The third-order valence-electron chi connectivity index (χ3n) is 5.22. The van der Waals surface area contributed by atoms with Gasteiger partial charge in [0.05, 0.1) is 5.56 Å². The highest BCUT2D eigenvalue weighted by molar-refractivity contribution is 5.91. The molecule has 4 rings (SSSR count). The van der Waals surface area contributed by atoms with E-state index >= 15 is 0 Å². The van der Waals surface area contributed by atoms with Crippen molar-refractivity contribution in [3.8, 4) is 17.5 Å². The number of halogens is 1. The number of hydrogen-bond donors (Lipinski definition) is 1. The van der Waals surface area contributed by atoms with Crippen LogP contribution in [-0.4, -0.2) is 30.7 Å². The van der Waals surface area contributed by atoms with Crippen molar-refractivity contribution >= 4 is 11.7 Å². The molecule has 0 aliphatic heterocycles. The van der Waals surface area contributed by atoms with Gasteiger partial charge in [-0.25, -0.2) is 4.39 Å². The highest BCUT2D eigenvalue weighted by atomic mass is 19.1. The first-order chi connectivity index (χ1) is 15.5. The SMILES string of the molecule is Cc1c(C#N)c(NC(=O)Cn2nnc(-c3ccc(F)cc3)n2)n(Cc2ccccc2)c1C. The molecule has 1 N–H and O–H groups in total. The molecule has 2 aromatic heterocycles. The van der Waals surface area contributed by atoms with Gasteiger partial charge in [-0.2, -0.15) is 10.1 Å². The maximum atomic E-state index is 13.1. The summed E-state index contributed by atoms with van der Waals surface area (Å²) in [6, 6.07) is 17.7. The molecule has 0 unspecified atom stereocenters. The summed E-state index contributed by atoms with van der Waals surface area (Å²) in [6.45, 7) is 4.11. The van der Waals surface area contributed by atoms with E-state index in [1.165, 1.54) is 24.3 Å². The second-order valence-electron chi connectivity index (χ2n) is 7.32. The number of tetrazole rings is 1. The highest BCUT2D eigenvalue weighted by Gasteiger charge is 2.20. The molecule has 0 radical (unpaired) electrons. The lowest BCUT2D eigenvalue weighted by molar-refractivity contribution is -0.117. The van der Waals surface area contributed by atoms with Gasteiger partial charge in [0, 0.05) is 17.8 Å². The summed E-state index contributed by atoms with van der Waals surface area (Å²) in [6.07, 6.45) is 0. The summed E-state index contributed by atoms with van der Waals surface area (Å²) < 4.78 is 15.0. The van der Waals surface area contributed by atoms with Gasteiger partial charge in [0.25, 0.3) is 0 Å². The van der Waals surface area contributed by atoms with Gasteiger partial charge in [-0.05, 0) is 54.5 Å². The molecular weight excluding hydrogens is 409 g/mol. The lowest BCUT2D eigenvalue weighted by Gasteiger charge is -2.13. The third kappa shape index (κ3) is 4.25. The number of nitrogens with one attached hydrogen (secondary N) is 1. The van der Waals surface area contributed by atoms with Crippen LogP contribution in [-0.2, 0) is 17.9 Å². The molecule has 0 fully saturated rings. The Morgan fingerprint density at radius 2 is 1.84 bits per heavy atom. The van der Waals surface area contributed by atoms with Crippen LogP contribution in [0.1, 0.15) is 22.4 Å². The molecule has 0 atom stereocenters. The molecule has 0 saturated carbocycles. The van der Waals surface area contributed by atoms with Crippen LogP contribution in [0.2, 0.25) is 0 Å². The zero-order valence-electron chi connectivity index (χ0n) is 17.6. The van der Waals surface area contributed by atoms with E-state index in [-0.39, 0.29) is 18.2 Å². The molecule has 0 spiro atoms. The second-order valence-corrected chi connectivity index (χ2v) is 7.32. The van der Waals surface area contributed by atoms with Gasteiger partial charge >= 0.3 is 0 Å². The predicted octanol–water partition coefficient (Wildman–Crippen LogP) is 3.46. The van der Waals surface area contributed by atoms with E-state index in [1.54, 1.807) is 0 Å². The van der Waals surface area contributed by atoms with Crippen LogP contribution in [0.5, 0.6) is 0 Å². The number of anilines is 1. The van der Waals surface area contributed by atoms with Crippen LogP contribution >= 0.6 is 0 Å². The van der Waals surface area contributed by atoms with E-state index in [0.717, 1.165) is 21.6 Å². The Hall–Kier alpha value is -4.32. The van der Waals surface area contributed by atoms with Crippen molar-refractivity contribution < 1.29 is 9.18 Å². The van der Waals surface area contributed by atoms with Crippen LogP contribution in [0.15, 0.2) is 54.6 Å². The molecule has 0 saturated heterocycles. The first-order valence-electron chi connectivity index (χ1n) is 9.93. The van der Waals surface area contributed by atoms with Crippen molar-refractivity contribution in [3.05, 3.63) is 82.8 Å². The van der Waals surface area contributed by atoms with Crippen molar-refractivity contribution in [2.24, 2.45) is 0 Å². The number of carbonyl (C=O) groups excluding carboxylic acids is 1. The summed E-state index contributed by atoms with van der Waals surface area (Å²) in [5.41, 5.74) is 3.78.